The standard InChI is InChI=1S/C30H53N9O8S/c31-13-3-1-7-20(36-26(42)19(11-12-24(34)40)35-25(41)18(33)17-48)28(44)39-16-6-10-23(39)29(45)38-15-5-9-22(38)27(43)37-21(30(46)47)8-2-4-14-32/h18-23,48H,1-17,31-33H2,(H2,34,40)(H,35,41)(H,36,42)(H,37,43)(H,46,47)/t18-,19-,20-,21-,22-,23-/m0/s1. The molecule has 0 aromatic heterocycles. The first-order chi connectivity index (χ1) is 22.9. The number of hydrogen-bond acceptors (Lipinski definition) is 11. The molecule has 6 atom stereocenters. The van der Waals surface area contributed by atoms with E-state index in [1.54, 1.807) is 0 Å². The molecule has 0 saturated carbocycles. The minimum absolute atomic E-state index is 0.00897. The van der Waals surface area contributed by atoms with E-state index < -0.39 is 77.7 Å². The largest absolute Gasteiger partial charge is 0.480 e. The van der Waals surface area contributed by atoms with Gasteiger partial charge in [0, 0.05) is 25.3 Å². The van der Waals surface area contributed by atoms with E-state index in [0.29, 0.717) is 64.5 Å². The van der Waals surface area contributed by atoms with Crippen LogP contribution < -0.4 is 38.9 Å². The molecule has 2 saturated heterocycles. The number of carboxylic acid groups (broad SMARTS) is 1. The number of likely N-dealkylation sites (tertiary alicyclic amines) is 2. The van der Waals surface area contributed by atoms with Crippen LogP contribution in [0.25, 0.3) is 0 Å². The van der Waals surface area contributed by atoms with E-state index in [4.69, 9.17) is 22.9 Å². The molecular formula is C30H53N9O8S. The second kappa shape index (κ2) is 20.8. The number of nitrogens with zero attached hydrogens (tertiary/aromatic N) is 2. The van der Waals surface area contributed by atoms with E-state index in [0.717, 1.165) is 0 Å². The highest BCUT2D eigenvalue weighted by atomic mass is 32.1. The van der Waals surface area contributed by atoms with Gasteiger partial charge in [0.2, 0.25) is 35.4 Å². The summed E-state index contributed by atoms with van der Waals surface area (Å²) in [6.45, 7) is 1.26. The van der Waals surface area contributed by atoms with Crippen LogP contribution in [0.2, 0.25) is 0 Å². The monoisotopic (exact) mass is 699 g/mol. The molecule has 2 fully saturated rings. The second-order valence-corrected chi connectivity index (χ2v) is 12.6. The minimum Gasteiger partial charge on any atom is -0.480 e. The molecule has 6 amide bonds. The molecule has 0 bridgehead atoms. The van der Waals surface area contributed by atoms with E-state index in [-0.39, 0.29) is 44.5 Å². The highest BCUT2D eigenvalue weighted by molar-refractivity contribution is 7.80. The summed E-state index contributed by atoms with van der Waals surface area (Å²) in [6.07, 6.45) is 3.96. The van der Waals surface area contributed by atoms with E-state index in [1.165, 1.54) is 9.80 Å². The Morgan fingerprint density at radius 3 is 1.88 bits per heavy atom. The van der Waals surface area contributed by atoms with Gasteiger partial charge in [0.25, 0.3) is 0 Å². The summed E-state index contributed by atoms with van der Waals surface area (Å²) in [6, 6.07) is -6.20. The first-order valence-corrected chi connectivity index (χ1v) is 17.3. The Morgan fingerprint density at radius 2 is 1.31 bits per heavy atom. The third-order valence-corrected chi connectivity index (χ3v) is 9.02. The molecule has 2 aliphatic rings. The summed E-state index contributed by atoms with van der Waals surface area (Å²) in [7, 11) is 0. The van der Waals surface area contributed by atoms with Crippen LogP contribution in [0.15, 0.2) is 0 Å². The molecule has 0 unspecified atom stereocenters. The molecule has 2 heterocycles. The van der Waals surface area contributed by atoms with Gasteiger partial charge in [-0.15, -0.1) is 0 Å². The number of carboxylic acids is 1. The Bertz CT molecular complexity index is 1150. The summed E-state index contributed by atoms with van der Waals surface area (Å²) >= 11 is 4.00. The van der Waals surface area contributed by atoms with E-state index in [2.05, 4.69) is 28.6 Å². The van der Waals surface area contributed by atoms with E-state index in [1.807, 2.05) is 0 Å². The highest BCUT2D eigenvalue weighted by Crippen LogP contribution is 2.26. The van der Waals surface area contributed by atoms with Crippen LogP contribution in [0.5, 0.6) is 0 Å². The van der Waals surface area contributed by atoms with Crippen LogP contribution in [-0.2, 0) is 33.6 Å². The average molecular weight is 700 g/mol. The molecule has 272 valence electrons. The zero-order valence-electron chi connectivity index (χ0n) is 27.4. The van der Waals surface area contributed by atoms with Gasteiger partial charge < -0.3 is 53.8 Å². The quantitative estimate of drug-likeness (QED) is 0.0438. The van der Waals surface area contributed by atoms with E-state index in [9.17, 15) is 38.7 Å². The number of carbonyl (C=O) groups excluding carboxylic acids is 6. The summed E-state index contributed by atoms with van der Waals surface area (Å²) < 4.78 is 0. The summed E-state index contributed by atoms with van der Waals surface area (Å²) in [5.41, 5.74) is 22.2. The Balaban J connectivity index is 2.22. The Kier molecular flexibility index (Phi) is 17.6. The summed E-state index contributed by atoms with van der Waals surface area (Å²) in [5.74, 6) is -4.73. The maximum absolute atomic E-state index is 14.0. The van der Waals surface area contributed by atoms with E-state index >= 15 is 0 Å². The van der Waals surface area contributed by atoms with Crippen LogP contribution in [-0.4, -0.2) is 125 Å². The topological polar surface area (TPSA) is 286 Å². The van der Waals surface area contributed by atoms with Gasteiger partial charge in [0.15, 0.2) is 0 Å². The van der Waals surface area contributed by atoms with Gasteiger partial charge in [-0.25, -0.2) is 4.79 Å². The number of primary amides is 1. The third kappa shape index (κ3) is 12.2. The number of nitrogens with two attached hydrogens (primary N) is 4. The van der Waals surface area contributed by atoms with Gasteiger partial charge in [-0.2, -0.15) is 12.6 Å². The number of hydrogen-bond donors (Lipinski definition) is 9. The number of carbonyl (C=O) groups is 7. The first-order valence-electron chi connectivity index (χ1n) is 16.7. The lowest BCUT2D eigenvalue weighted by Gasteiger charge is -2.33. The molecule has 0 aromatic carbocycles. The molecule has 18 heteroatoms. The highest BCUT2D eigenvalue weighted by Gasteiger charge is 2.44. The SMILES string of the molecule is NCCCC[C@H](NC(=O)[C@@H]1CCCN1C(=O)[C@@H]1CCCN1C(=O)[C@H](CCCCN)NC(=O)[C@H](CCC(N)=O)NC(=O)[C@@H](N)CS)C(=O)O. The number of thiol groups is 1. The predicted molar refractivity (Wildman–Crippen MR) is 179 cm³/mol. The van der Waals surface area contributed by atoms with Gasteiger partial charge >= 0.3 is 5.97 Å². The van der Waals surface area contributed by atoms with Crippen LogP contribution in [0.1, 0.15) is 77.0 Å². The molecule has 2 aliphatic heterocycles. The third-order valence-electron chi connectivity index (χ3n) is 8.63. The number of aliphatic carboxylic acids is 1. The lowest BCUT2D eigenvalue weighted by Crippen LogP contribution is -2.59. The molecule has 0 radical (unpaired) electrons. The maximum Gasteiger partial charge on any atom is 0.326 e. The summed E-state index contributed by atoms with van der Waals surface area (Å²) in [5, 5.41) is 17.4. The number of unbranched alkanes of at least 4 members (excludes halogenated alkanes) is 2. The van der Waals surface area contributed by atoms with Gasteiger partial charge in [0.05, 0.1) is 6.04 Å². The van der Waals surface area contributed by atoms with Gasteiger partial charge in [-0.3, -0.25) is 28.8 Å². The van der Waals surface area contributed by atoms with Crippen molar-refractivity contribution >= 4 is 54.0 Å². The smallest absolute Gasteiger partial charge is 0.326 e. The van der Waals surface area contributed by atoms with Crippen molar-refractivity contribution in [1.82, 2.24) is 25.8 Å². The van der Waals surface area contributed by atoms with Crippen molar-refractivity contribution in [2.24, 2.45) is 22.9 Å². The molecule has 2 rings (SSSR count). The fourth-order valence-corrected chi connectivity index (χ4v) is 6.11. The zero-order valence-corrected chi connectivity index (χ0v) is 28.3. The van der Waals surface area contributed by atoms with Gasteiger partial charge in [0.1, 0.15) is 30.2 Å². The van der Waals surface area contributed by atoms with Crippen LogP contribution >= 0.6 is 12.6 Å². The molecule has 0 spiro atoms. The van der Waals surface area contributed by atoms with Crippen molar-refractivity contribution in [3.8, 4) is 0 Å². The Morgan fingerprint density at radius 1 is 0.750 bits per heavy atom. The van der Waals surface area contributed by atoms with Crippen molar-refractivity contribution in [3.63, 3.8) is 0 Å². The molecule has 0 aromatic rings. The van der Waals surface area contributed by atoms with Crippen molar-refractivity contribution in [2.75, 3.05) is 31.9 Å². The minimum atomic E-state index is -1.22. The number of amides is 6. The van der Waals surface area contributed by atoms with Crippen molar-refractivity contribution in [2.45, 2.75) is 113 Å². The molecule has 17 nitrogen and oxygen atoms in total. The molecular weight excluding hydrogens is 646 g/mol. The number of nitrogens with one attached hydrogen (secondary N) is 3. The Hall–Kier alpha value is -3.48. The Labute approximate surface area is 286 Å². The second-order valence-electron chi connectivity index (χ2n) is 12.3. The average Bonchev–Trinajstić information content (AvgIpc) is 3.75. The van der Waals surface area contributed by atoms with Crippen LogP contribution in [0.3, 0.4) is 0 Å². The van der Waals surface area contributed by atoms with Crippen molar-refractivity contribution < 1.29 is 38.7 Å². The van der Waals surface area contributed by atoms with Crippen LogP contribution in [0, 0.1) is 0 Å². The number of rotatable bonds is 21. The van der Waals surface area contributed by atoms with Crippen molar-refractivity contribution in [1.29, 1.82) is 0 Å². The lowest BCUT2D eigenvalue weighted by molar-refractivity contribution is -0.149. The fraction of sp³-hybridized carbons (Fsp3) is 0.767. The first kappa shape index (κ1) is 40.7. The van der Waals surface area contributed by atoms with Crippen molar-refractivity contribution in [3.05, 3.63) is 0 Å². The summed E-state index contributed by atoms with van der Waals surface area (Å²) in [4.78, 5) is 93.0. The van der Waals surface area contributed by atoms with Gasteiger partial charge in [-0.05, 0) is 83.7 Å². The van der Waals surface area contributed by atoms with Gasteiger partial charge in [-0.1, -0.05) is 0 Å². The normalized spacial score (nSPS) is 20.0. The molecule has 0 aliphatic carbocycles. The predicted octanol–water partition coefficient (Wildman–Crippen LogP) is -2.71. The van der Waals surface area contributed by atoms with Crippen LogP contribution in [0.4, 0.5) is 0 Å². The fourth-order valence-electron chi connectivity index (χ4n) is 5.94. The maximum atomic E-state index is 14.0. The zero-order chi connectivity index (χ0) is 35.8. The lowest BCUT2D eigenvalue weighted by atomic mass is 10.0. The molecule has 48 heavy (non-hydrogen) atoms. The molecule has 12 N–H and O–H groups in total.